The summed E-state index contributed by atoms with van der Waals surface area (Å²) >= 11 is 0. The molecule has 1 saturated carbocycles. The van der Waals surface area contributed by atoms with E-state index in [1.54, 1.807) is 6.07 Å². The number of aryl methyl sites for hydroxylation is 1. The van der Waals surface area contributed by atoms with Crippen LogP contribution in [0.2, 0.25) is 0 Å². The molecule has 0 aliphatic heterocycles. The fourth-order valence-corrected chi connectivity index (χ4v) is 2.32. The van der Waals surface area contributed by atoms with Gasteiger partial charge in [-0.2, -0.15) is 5.26 Å². The topological polar surface area (TPSA) is 45.0 Å². The fourth-order valence-electron chi connectivity index (χ4n) is 2.32. The predicted molar refractivity (Wildman–Crippen MR) is 76.0 cm³/mol. The van der Waals surface area contributed by atoms with Crippen LogP contribution in [-0.2, 0) is 0 Å². The smallest absolute Gasteiger partial charge is 0.143 e. The highest BCUT2D eigenvalue weighted by Gasteiger charge is 2.46. The van der Waals surface area contributed by atoms with Crippen molar-refractivity contribution in [1.29, 1.82) is 5.26 Å². The minimum absolute atomic E-state index is 0.262. The highest BCUT2D eigenvalue weighted by atomic mass is 19.1. The predicted octanol–water partition coefficient (Wildman–Crippen LogP) is 3.18. The van der Waals surface area contributed by atoms with Crippen molar-refractivity contribution >= 4 is 0 Å². The maximum atomic E-state index is 13.3. The molecule has 0 heterocycles. The molecule has 1 N–H and O–H groups in total. The van der Waals surface area contributed by atoms with Gasteiger partial charge in [0, 0.05) is 6.07 Å². The number of hydrogen-bond donors (Lipinski definition) is 1. The van der Waals surface area contributed by atoms with E-state index in [4.69, 9.17) is 4.74 Å². The maximum Gasteiger partial charge on any atom is 0.143 e. The molecule has 1 atom stereocenters. The van der Waals surface area contributed by atoms with E-state index in [9.17, 15) is 9.65 Å². The molecule has 1 aromatic rings. The average molecular weight is 276 g/mol. The lowest BCUT2D eigenvalue weighted by atomic mass is 9.96. The van der Waals surface area contributed by atoms with Crippen LogP contribution >= 0.6 is 0 Å². The third-order valence-electron chi connectivity index (χ3n) is 3.77. The number of rotatable bonds is 7. The van der Waals surface area contributed by atoms with Gasteiger partial charge < -0.3 is 4.74 Å². The fraction of sp³-hybridized carbons (Fsp3) is 0.562. The first-order valence-corrected chi connectivity index (χ1v) is 7.16. The zero-order valence-electron chi connectivity index (χ0n) is 12.1. The van der Waals surface area contributed by atoms with Crippen molar-refractivity contribution in [1.82, 2.24) is 5.32 Å². The van der Waals surface area contributed by atoms with Crippen molar-refractivity contribution in [2.75, 3.05) is 13.2 Å². The zero-order valence-corrected chi connectivity index (χ0v) is 12.1. The quantitative estimate of drug-likeness (QED) is 0.832. The van der Waals surface area contributed by atoms with Crippen molar-refractivity contribution in [2.45, 2.75) is 38.6 Å². The van der Waals surface area contributed by atoms with Crippen molar-refractivity contribution in [3.05, 3.63) is 29.6 Å². The normalized spacial score (nSPS) is 17.3. The molecule has 1 unspecified atom stereocenters. The molecular formula is C16H21FN2O. The third kappa shape index (κ3) is 3.29. The van der Waals surface area contributed by atoms with E-state index in [1.165, 1.54) is 12.1 Å². The second-order valence-corrected chi connectivity index (χ2v) is 5.48. The Balaban J connectivity index is 2.08. The van der Waals surface area contributed by atoms with Gasteiger partial charge in [-0.3, -0.25) is 5.32 Å². The van der Waals surface area contributed by atoms with Crippen molar-refractivity contribution in [3.8, 4) is 11.8 Å². The van der Waals surface area contributed by atoms with Crippen LogP contribution in [0.25, 0.3) is 0 Å². The number of benzene rings is 1. The van der Waals surface area contributed by atoms with Gasteiger partial charge in [-0.1, -0.05) is 13.0 Å². The Bertz CT molecular complexity index is 508. The van der Waals surface area contributed by atoms with Crippen molar-refractivity contribution in [3.63, 3.8) is 0 Å². The summed E-state index contributed by atoms with van der Waals surface area (Å²) in [4.78, 5) is 0. The molecule has 1 aliphatic carbocycles. The Kier molecular flexibility index (Phi) is 4.61. The minimum atomic E-state index is -0.644. The monoisotopic (exact) mass is 276 g/mol. The van der Waals surface area contributed by atoms with Crippen LogP contribution in [0.4, 0.5) is 4.39 Å². The Labute approximate surface area is 119 Å². The molecule has 4 heteroatoms. The Morgan fingerprint density at radius 1 is 1.50 bits per heavy atom. The van der Waals surface area contributed by atoms with E-state index in [-0.39, 0.29) is 12.4 Å². The first-order valence-electron chi connectivity index (χ1n) is 7.16. The second kappa shape index (κ2) is 6.23. The molecule has 20 heavy (non-hydrogen) atoms. The summed E-state index contributed by atoms with van der Waals surface area (Å²) in [7, 11) is 0. The number of nitriles is 1. The van der Waals surface area contributed by atoms with E-state index < -0.39 is 5.54 Å². The van der Waals surface area contributed by atoms with E-state index in [1.807, 2.05) is 6.92 Å². The van der Waals surface area contributed by atoms with Gasteiger partial charge in [-0.15, -0.1) is 0 Å². The number of nitrogens with zero attached hydrogens (tertiary/aromatic N) is 1. The van der Waals surface area contributed by atoms with Crippen LogP contribution in [0.3, 0.4) is 0 Å². The number of halogens is 1. The van der Waals surface area contributed by atoms with Gasteiger partial charge in [0.2, 0.25) is 0 Å². The van der Waals surface area contributed by atoms with Gasteiger partial charge in [-0.05, 0) is 50.3 Å². The average Bonchev–Trinajstić information content (AvgIpc) is 3.28. The van der Waals surface area contributed by atoms with Gasteiger partial charge in [0.15, 0.2) is 0 Å². The SMILES string of the molecule is CCCNC(C#N)(COc1cc(F)ccc1C)C1CC1. The van der Waals surface area contributed by atoms with Crippen LogP contribution in [0.1, 0.15) is 31.7 Å². The summed E-state index contributed by atoms with van der Waals surface area (Å²) in [6.45, 7) is 4.99. The molecule has 0 bridgehead atoms. The highest BCUT2D eigenvalue weighted by Crippen LogP contribution is 2.40. The molecule has 0 aromatic heterocycles. The molecule has 1 aromatic carbocycles. The lowest BCUT2D eigenvalue weighted by Crippen LogP contribution is -2.51. The van der Waals surface area contributed by atoms with Crippen LogP contribution in [0.15, 0.2) is 18.2 Å². The third-order valence-corrected chi connectivity index (χ3v) is 3.77. The second-order valence-electron chi connectivity index (χ2n) is 5.48. The van der Waals surface area contributed by atoms with Crippen LogP contribution in [-0.4, -0.2) is 18.7 Å². The minimum Gasteiger partial charge on any atom is -0.490 e. The van der Waals surface area contributed by atoms with Gasteiger partial charge >= 0.3 is 0 Å². The lowest BCUT2D eigenvalue weighted by molar-refractivity contribution is 0.201. The van der Waals surface area contributed by atoms with E-state index in [2.05, 4.69) is 18.3 Å². The van der Waals surface area contributed by atoms with E-state index in [0.717, 1.165) is 31.4 Å². The van der Waals surface area contributed by atoms with Crippen molar-refractivity contribution < 1.29 is 9.13 Å². The summed E-state index contributed by atoms with van der Waals surface area (Å²) in [5.74, 6) is 0.539. The number of hydrogen-bond acceptors (Lipinski definition) is 3. The molecule has 0 spiro atoms. The molecule has 0 saturated heterocycles. The molecule has 3 nitrogen and oxygen atoms in total. The summed E-state index contributed by atoms with van der Waals surface area (Å²) in [5.41, 5.74) is 0.235. The zero-order chi connectivity index (χ0) is 14.6. The van der Waals surface area contributed by atoms with E-state index >= 15 is 0 Å². The Morgan fingerprint density at radius 3 is 2.85 bits per heavy atom. The van der Waals surface area contributed by atoms with Crippen LogP contribution < -0.4 is 10.1 Å². The molecule has 0 amide bonds. The summed E-state index contributed by atoms with van der Waals surface area (Å²) in [5, 5.41) is 12.9. The molecule has 2 rings (SSSR count). The number of nitrogens with one attached hydrogen (secondary N) is 1. The molecule has 0 radical (unpaired) electrons. The number of ether oxygens (including phenoxy) is 1. The van der Waals surface area contributed by atoms with E-state index in [0.29, 0.717) is 11.7 Å². The molecule has 108 valence electrons. The summed E-state index contributed by atoms with van der Waals surface area (Å²) in [6, 6.07) is 6.87. The maximum absolute atomic E-state index is 13.3. The summed E-state index contributed by atoms with van der Waals surface area (Å²) in [6.07, 6.45) is 3.07. The standard InChI is InChI=1S/C16H21FN2O/c1-3-8-19-16(10-18,13-5-6-13)11-20-15-9-14(17)7-4-12(15)2/h4,7,9,13,19H,3,5-6,8,11H2,1-2H3. The largest absolute Gasteiger partial charge is 0.490 e. The first-order chi connectivity index (χ1) is 9.61. The molecular weight excluding hydrogens is 255 g/mol. The molecule has 1 aliphatic rings. The lowest BCUT2D eigenvalue weighted by Gasteiger charge is -2.28. The van der Waals surface area contributed by atoms with Crippen LogP contribution in [0.5, 0.6) is 5.75 Å². The Hall–Kier alpha value is -1.60. The first kappa shape index (κ1) is 14.8. The van der Waals surface area contributed by atoms with Crippen LogP contribution in [0, 0.1) is 30.0 Å². The molecule has 1 fully saturated rings. The Morgan fingerprint density at radius 2 is 2.25 bits per heavy atom. The van der Waals surface area contributed by atoms with Gasteiger partial charge in [0.05, 0.1) is 6.07 Å². The van der Waals surface area contributed by atoms with Crippen molar-refractivity contribution in [2.24, 2.45) is 5.92 Å². The van der Waals surface area contributed by atoms with Gasteiger partial charge in [-0.25, -0.2) is 4.39 Å². The van der Waals surface area contributed by atoms with Gasteiger partial charge in [0.1, 0.15) is 23.7 Å². The highest BCUT2D eigenvalue weighted by molar-refractivity contribution is 5.33. The van der Waals surface area contributed by atoms with Gasteiger partial charge in [0.25, 0.3) is 0 Å². The summed E-state index contributed by atoms with van der Waals surface area (Å²) < 4.78 is 19.0.